The van der Waals surface area contributed by atoms with Crippen LogP contribution in [-0.4, -0.2) is 47.8 Å². The van der Waals surface area contributed by atoms with Crippen LogP contribution in [0.2, 0.25) is 0 Å². The highest BCUT2D eigenvalue weighted by Crippen LogP contribution is 2.17. The summed E-state index contributed by atoms with van der Waals surface area (Å²) in [5, 5.41) is 0. The van der Waals surface area contributed by atoms with E-state index in [0.717, 1.165) is 9.13 Å². The minimum Gasteiger partial charge on any atom is -0.469 e. The molecule has 0 aliphatic carbocycles. The van der Waals surface area contributed by atoms with E-state index in [0.29, 0.717) is 37.5 Å². The van der Waals surface area contributed by atoms with Crippen LogP contribution in [0.15, 0.2) is 41.0 Å². The van der Waals surface area contributed by atoms with E-state index in [4.69, 9.17) is 4.42 Å². The van der Waals surface area contributed by atoms with E-state index in [2.05, 4.69) is 22.6 Å². The molecule has 2 aromatic rings. The van der Waals surface area contributed by atoms with Crippen LogP contribution in [0.3, 0.4) is 0 Å². The van der Waals surface area contributed by atoms with Crippen LogP contribution >= 0.6 is 22.6 Å². The van der Waals surface area contributed by atoms with Crippen molar-refractivity contribution in [2.45, 2.75) is 6.92 Å². The second kappa shape index (κ2) is 6.74. The zero-order valence-electron chi connectivity index (χ0n) is 12.8. The molecule has 0 spiro atoms. The monoisotopic (exact) mass is 424 g/mol. The lowest BCUT2D eigenvalue weighted by Gasteiger charge is -2.34. The number of nitrogens with zero attached hydrogens (tertiary/aromatic N) is 2. The fraction of sp³-hybridized carbons (Fsp3) is 0.294. The molecule has 1 saturated heterocycles. The van der Waals surface area contributed by atoms with Gasteiger partial charge in [-0.3, -0.25) is 9.59 Å². The molecule has 0 N–H and O–H groups in total. The van der Waals surface area contributed by atoms with E-state index in [1.807, 2.05) is 29.2 Å². The van der Waals surface area contributed by atoms with Crippen LogP contribution in [0.25, 0.3) is 0 Å². The first-order chi connectivity index (χ1) is 11.1. The maximum atomic E-state index is 12.6. The molecule has 1 fully saturated rings. The van der Waals surface area contributed by atoms with Gasteiger partial charge in [0.05, 0.1) is 17.4 Å². The van der Waals surface area contributed by atoms with Crippen molar-refractivity contribution in [2.24, 2.45) is 0 Å². The van der Waals surface area contributed by atoms with Gasteiger partial charge in [-0.2, -0.15) is 0 Å². The van der Waals surface area contributed by atoms with Crippen molar-refractivity contribution in [1.29, 1.82) is 0 Å². The lowest BCUT2D eigenvalue weighted by Crippen LogP contribution is -2.50. The summed E-state index contributed by atoms with van der Waals surface area (Å²) in [7, 11) is 0. The second-order valence-corrected chi connectivity index (χ2v) is 6.62. The normalized spacial score (nSPS) is 14.9. The third kappa shape index (κ3) is 3.26. The molecule has 1 aliphatic rings. The zero-order valence-corrected chi connectivity index (χ0v) is 14.9. The number of amides is 2. The summed E-state index contributed by atoms with van der Waals surface area (Å²) in [6.07, 6.45) is 1.53. The molecule has 1 aromatic heterocycles. The first kappa shape index (κ1) is 16.0. The van der Waals surface area contributed by atoms with Crippen molar-refractivity contribution < 1.29 is 14.0 Å². The van der Waals surface area contributed by atoms with Crippen molar-refractivity contribution in [3.05, 3.63) is 57.1 Å². The Hall–Kier alpha value is -1.83. The highest BCUT2D eigenvalue weighted by atomic mass is 127. The van der Waals surface area contributed by atoms with Gasteiger partial charge in [0.15, 0.2) is 0 Å². The van der Waals surface area contributed by atoms with Gasteiger partial charge in [0, 0.05) is 29.7 Å². The van der Waals surface area contributed by atoms with Crippen LogP contribution in [0.4, 0.5) is 0 Å². The Labute approximate surface area is 148 Å². The summed E-state index contributed by atoms with van der Waals surface area (Å²) in [6, 6.07) is 9.26. The van der Waals surface area contributed by atoms with Crippen molar-refractivity contribution in [3.8, 4) is 0 Å². The molecule has 120 valence electrons. The van der Waals surface area contributed by atoms with E-state index < -0.39 is 0 Å². The molecule has 0 bridgehead atoms. The predicted octanol–water partition coefficient (Wildman–Crippen LogP) is 2.79. The van der Waals surface area contributed by atoms with Crippen LogP contribution in [-0.2, 0) is 0 Å². The van der Waals surface area contributed by atoms with Crippen molar-refractivity contribution in [3.63, 3.8) is 0 Å². The van der Waals surface area contributed by atoms with Gasteiger partial charge < -0.3 is 14.2 Å². The van der Waals surface area contributed by atoms with Gasteiger partial charge in [0.2, 0.25) is 0 Å². The molecule has 23 heavy (non-hydrogen) atoms. The quantitative estimate of drug-likeness (QED) is 0.697. The fourth-order valence-corrected chi connectivity index (χ4v) is 3.31. The van der Waals surface area contributed by atoms with Crippen LogP contribution in [0.5, 0.6) is 0 Å². The number of benzene rings is 1. The minimum absolute atomic E-state index is 0.0293. The fourth-order valence-electron chi connectivity index (χ4n) is 2.69. The Morgan fingerprint density at radius 3 is 2.04 bits per heavy atom. The van der Waals surface area contributed by atoms with Crippen molar-refractivity contribution in [1.82, 2.24) is 9.80 Å². The van der Waals surface area contributed by atoms with E-state index >= 15 is 0 Å². The molecule has 0 atom stereocenters. The van der Waals surface area contributed by atoms with Gasteiger partial charge in [-0.25, -0.2) is 0 Å². The van der Waals surface area contributed by atoms with E-state index in [9.17, 15) is 9.59 Å². The van der Waals surface area contributed by atoms with Crippen molar-refractivity contribution >= 4 is 34.4 Å². The largest absolute Gasteiger partial charge is 0.469 e. The lowest BCUT2D eigenvalue weighted by atomic mass is 10.1. The zero-order chi connectivity index (χ0) is 16.4. The maximum Gasteiger partial charge on any atom is 0.257 e. The van der Waals surface area contributed by atoms with Gasteiger partial charge in [-0.1, -0.05) is 12.1 Å². The Morgan fingerprint density at radius 2 is 1.52 bits per heavy atom. The average Bonchev–Trinajstić information content (AvgIpc) is 3.00. The third-order valence-corrected chi connectivity index (χ3v) is 4.99. The number of hydrogen-bond acceptors (Lipinski definition) is 3. The molecule has 1 aromatic carbocycles. The van der Waals surface area contributed by atoms with Crippen molar-refractivity contribution in [2.75, 3.05) is 26.2 Å². The van der Waals surface area contributed by atoms with Crippen LogP contribution in [0.1, 0.15) is 26.5 Å². The second-order valence-electron chi connectivity index (χ2n) is 5.45. The Bertz CT molecular complexity index is 733. The molecule has 2 heterocycles. The highest BCUT2D eigenvalue weighted by molar-refractivity contribution is 14.1. The maximum absolute atomic E-state index is 12.6. The molecule has 0 radical (unpaired) electrons. The van der Waals surface area contributed by atoms with Gasteiger partial charge in [-0.05, 0) is 47.7 Å². The Kier molecular flexibility index (Phi) is 4.70. The number of carbonyl (C=O) groups is 2. The third-order valence-electron chi connectivity index (χ3n) is 4.05. The molecular formula is C17H17IN2O3. The summed E-state index contributed by atoms with van der Waals surface area (Å²) in [4.78, 5) is 28.6. The smallest absolute Gasteiger partial charge is 0.257 e. The Morgan fingerprint density at radius 1 is 0.957 bits per heavy atom. The number of carbonyl (C=O) groups excluding carboxylic acids is 2. The topological polar surface area (TPSA) is 53.8 Å². The minimum atomic E-state index is -0.0300. The van der Waals surface area contributed by atoms with Crippen LogP contribution in [0, 0.1) is 10.5 Å². The van der Waals surface area contributed by atoms with E-state index in [1.165, 1.54) is 6.26 Å². The molecule has 3 rings (SSSR count). The SMILES string of the molecule is Cc1occc1C(=O)N1CCN(C(=O)c2ccccc2I)CC1. The van der Waals surface area contributed by atoms with Gasteiger partial charge >= 0.3 is 0 Å². The number of aryl methyl sites for hydroxylation is 1. The molecule has 0 unspecified atom stereocenters. The highest BCUT2D eigenvalue weighted by Gasteiger charge is 2.27. The molecule has 5 nitrogen and oxygen atoms in total. The number of halogens is 1. The van der Waals surface area contributed by atoms with E-state index in [1.54, 1.807) is 17.9 Å². The van der Waals surface area contributed by atoms with Gasteiger partial charge in [-0.15, -0.1) is 0 Å². The molecule has 2 amide bonds. The van der Waals surface area contributed by atoms with Crippen LogP contribution < -0.4 is 0 Å². The number of piperazine rings is 1. The summed E-state index contributed by atoms with van der Waals surface area (Å²) in [6.45, 7) is 3.96. The van der Waals surface area contributed by atoms with E-state index in [-0.39, 0.29) is 11.8 Å². The Balaban J connectivity index is 1.65. The average molecular weight is 424 g/mol. The first-order valence-corrected chi connectivity index (χ1v) is 8.53. The van der Waals surface area contributed by atoms with Gasteiger partial charge in [0.1, 0.15) is 5.76 Å². The molecule has 0 saturated carbocycles. The molecule has 6 heteroatoms. The summed E-state index contributed by atoms with van der Waals surface area (Å²) in [5.74, 6) is 0.631. The standard InChI is InChI=1S/C17H17IN2O3/c1-12-13(6-11-23-12)16(21)19-7-9-20(10-8-19)17(22)14-4-2-3-5-15(14)18/h2-6,11H,7-10H2,1H3. The lowest BCUT2D eigenvalue weighted by molar-refractivity contribution is 0.0534. The summed E-state index contributed by atoms with van der Waals surface area (Å²) in [5.41, 5.74) is 1.32. The molecule has 1 aliphatic heterocycles. The number of furan rings is 1. The first-order valence-electron chi connectivity index (χ1n) is 7.45. The molecular weight excluding hydrogens is 407 g/mol. The number of rotatable bonds is 2. The summed E-state index contributed by atoms with van der Waals surface area (Å²) >= 11 is 2.17. The van der Waals surface area contributed by atoms with Gasteiger partial charge in [0.25, 0.3) is 11.8 Å². The number of hydrogen-bond donors (Lipinski definition) is 0. The summed E-state index contributed by atoms with van der Waals surface area (Å²) < 4.78 is 6.14. The predicted molar refractivity (Wildman–Crippen MR) is 94.4 cm³/mol.